The van der Waals surface area contributed by atoms with E-state index in [0.29, 0.717) is 19.9 Å². The zero-order chi connectivity index (χ0) is 18.4. The van der Waals surface area contributed by atoms with E-state index in [1.54, 1.807) is 4.90 Å². The normalized spacial score (nSPS) is 23.9. The summed E-state index contributed by atoms with van der Waals surface area (Å²) >= 11 is 6.05. The fourth-order valence-corrected chi connectivity index (χ4v) is 4.27. The Hall–Kier alpha value is -2.08. The van der Waals surface area contributed by atoms with Crippen LogP contribution in [0.3, 0.4) is 0 Å². The molecular formula is C21H21ClN2O3. The number of carbonyl (C=O) groups is 1. The van der Waals surface area contributed by atoms with Crippen molar-refractivity contribution in [1.82, 2.24) is 0 Å². The highest BCUT2D eigenvalue weighted by molar-refractivity contribution is 6.30. The van der Waals surface area contributed by atoms with Gasteiger partial charge in [0.1, 0.15) is 13.3 Å². The van der Waals surface area contributed by atoms with E-state index in [1.165, 1.54) is 5.56 Å². The average Bonchev–Trinajstić information content (AvgIpc) is 3.37. The summed E-state index contributed by atoms with van der Waals surface area (Å²) in [5, 5.41) is 0.732. The molecule has 3 fully saturated rings. The summed E-state index contributed by atoms with van der Waals surface area (Å²) in [5.74, 6) is 0.0136. The number of hydrogen-bond acceptors (Lipinski definition) is 4. The first-order valence-electron chi connectivity index (χ1n) is 9.31. The molecule has 1 unspecified atom stereocenters. The molecule has 1 saturated carbocycles. The van der Waals surface area contributed by atoms with Gasteiger partial charge in [-0.3, -0.25) is 4.79 Å². The van der Waals surface area contributed by atoms with Crippen molar-refractivity contribution in [1.29, 1.82) is 0 Å². The SMILES string of the molecule is O=C1COCCN1c1ccc(C2N(c3ccc(Cl)cc3)COC23CC3)cc1. The van der Waals surface area contributed by atoms with Crippen molar-refractivity contribution < 1.29 is 14.3 Å². The molecule has 0 radical (unpaired) electrons. The second-order valence-corrected chi connectivity index (χ2v) is 7.81. The lowest BCUT2D eigenvalue weighted by molar-refractivity contribution is -0.125. The van der Waals surface area contributed by atoms with Crippen LogP contribution in [-0.4, -0.2) is 38.0 Å². The third-order valence-electron chi connectivity index (χ3n) is 5.71. The predicted octanol–water partition coefficient (Wildman–Crippen LogP) is 3.77. The molecule has 2 aromatic rings. The molecule has 0 N–H and O–H groups in total. The van der Waals surface area contributed by atoms with Crippen LogP contribution in [-0.2, 0) is 14.3 Å². The number of rotatable bonds is 3. The average molecular weight is 385 g/mol. The number of morpholine rings is 1. The van der Waals surface area contributed by atoms with Crippen LogP contribution in [0.5, 0.6) is 0 Å². The van der Waals surface area contributed by atoms with Crippen molar-refractivity contribution in [3.8, 4) is 0 Å². The van der Waals surface area contributed by atoms with E-state index >= 15 is 0 Å². The van der Waals surface area contributed by atoms with Gasteiger partial charge in [0.05, 0.1) is 18.2 Å². The van der Waals surface area contributed by atoms with Gasteiger partial charge in [-0.15, -0.1) is 0 Å². The first kappa shape index (κ1) is 17.0. The van der Waals surface area contributed by atoms with Crippen molar-refractivity contribution in [2.24, 2.45) is 0 Å². The standard InChI is InChI=1S/C21H21ClN2O3/c22-16-3-7-18(8-4-16)24-14-27-21(9-10-21)20(24)15-1-5-17(6-2-15)23-11-12-26-13-19(23)25/h1-8,20H,9-14H2. The molecule has 2 heterocycles. The topological polar surface area (TPSA) is 42.0 Å². The Balaban J connectivity index is 1.44. The third kappa shape index (κ3) is 3.00. The van der Waals surface area contributed by atoms with E-state index < -0.39 is 0 Å². The molecule has 5 nitrogen and oxygen atoms in total. The molecule has 1 atom stereocenters. The van der Waals surface area contributed by atoms with Gasteiger partial charge in [0.15, 0.2) is 0 Å². The number of ether oxygens (including phenoxy) is 2. The third-order valence-corrected chi connectivity index (χ3v) is 5.96. The quantitative estimate of drug-likeness (QED) is 0.807. The highest BCUT2D eigenvalue weighted by atomic mass is 35.5. The lowest BCUT2D eigenvalue weighted by atomic mass is 9.98. The Bertz CT molecular complexity index is 849. The fraction of sp³-hybridized carbons (Fsp3) is 0.381. The van der Waals surface area contributed by atoms with Crippen molar-refractivity contribution in [3.63, 3.8) is 0 Å². The highest BCUT2D eigenvalue weighted by Crippen LogP contribution is 2.56. The Morgan fingerprint density at radius 2 is 1.70 bits per heavy atom. The van der Waals surface area contributed by atoms with Crippen molar-refractivity contribution in [2.75, 3.05) is 36.3 Å². The lowest BCUT2D eigenvalue weighted by Crippen LogP contribution is -2.41. The maximum atomic E-state index is 12.1. The molecule has 1 amide bonds. The molecule has 2 aromatic carbocycles. The van der Waals surface area contributed by atoms with Gasteiger partial charge >= 0.3 is 0 Å². The Kier molecular flexibility index (Phi) is 4.11. The summed E-state index contributed by atoms with van der Waals surface area (Å²) in [6.07, 6.45) is 2.15. The van der Waals surface area contributed by atoms with Crippen LogP contribution < -0.4 is 9.80 Å². The molecule has 1 spiro atoms. The second kappa shape index (κ2) is 6.51. The largest absolute Gasteiger partial charge is 0.370 e. The molecule has 2 aliphatic heterocycles. The summed E-state index contributed by atoms with van der Waals surface area (Å²) in [6.45, 7) is 1.92. The Morgan fingerprint density at radius 1 is 1.00 bits per heavy atom. The maximum Gasteiger partial charge on any atom is 0.253 e. The monoisotopic (exact) mass is 384 g/mol. The van der Waals surface area contributed by atoms with E-state index in [1.807, 2.05) is 36.4 Å². The van der Waals surface area contributed by atoms with Crippen LogP contribution in [0.1, 0.15) is 24.4 Å². The number of halogens is 1. The molecule has 3 aliphatic rings. The number of carbonyl (C=O) groups excluding carboxylic acids is 1. The number of hydrogen-bond donors (Lipinski definition) is 0. The van der Waals surface area contributed by atoms with Crippen LogP contribution in [0.2, 0.25) is 5.02 Å². The number of amides is 1. The number of anilines is 2. The van der Waals surface area contributed by atoms with Crippen LogP contribution in [0, 0.1) is 0 Å². The Labute approximate surface area is 163 Å². The summed E-state index contributed by atoms with van der Waals surface area (Å²) in [4.78, 5) is 16.2. The molecule has 0 aromatic heterocycles. The predicted molar refractivity (Wildman–Crippen MR) is 104 cm³/mol. The van der Waals surface area contributed by atoms with Gasteiger partial charge in [-0.2, -0.15) is 0 Å². The molecule has 6 heteroatoms. The smallest absolute Gasteiger partial charge is 0.253 e. The van der Waals surface area contributed by atoms with Gasteiger partial charge in [0.2, 0.25) is 0 Å². The van der Waals surface area contributed by atoms with Crippen LogP contribution in [0.15, 0.2) is 48.5 Å². The molecule has 1 aliphatic carbocycles. The van der Waals surface area contributed by atoms with Gasteiger partial charge in [-0.05, 0) is 54.8 Å². The lowest BCUT2D eigenvalue weighted by Gasteiger charge is -2.30. The van der Waals surface area contributed by atoms with Gasteiger partial charge < -0.3 is 19.3 Å². The van der Waals surface area contributed by atoms with E-state index in [9.17, 15) is 4.79 Å². The minimum Gasteiger partial charge on any atom is -0.370 e. The molecule has 0 bridgehead atoms. The van der Waals surface area contributed by atoms with E-state index in [0.717, 1.165) is 29.2 Å². The summed E-state index contributed by atoms with van der Waals surface area (Å²) in [5.41, 5.74) is 3.16. The summed E-state index contributed by atoms with van der Waals surface area (Å²) in [7, 11) is 0. The number of benzene rings is 2. The van der Waals surface area contributed by atoms with Crippen LogP contribution in [0.4, 0.5) is 11.4 Å². The molecule has 5 rings (SSSR count). The highest BCUT2D eigenvalue weighted by Gasteiger charge is 2.58. The van der Waals surface area contributed by atoms with Crippen LogP contribution in [0.25, 0.3) is 0 Å². The maximum absolute atomic E-state index is 12.1. The first-order chi connectivity index (χ1) is 13.2. The summed E-state index contributed by atoms with van der Waals surface area (Å²) in [6, 6.07) is 16.4. The Morgan fingerprint density at radius 3 is 2.37 bits per heavy atom. The molecule has 2 saturated heterocycles. The minimum absolute atomic E-state index is 0.0136. The first-order valence-corrected chi connectivity index (χ1v) is 9.68. The van der Waals surface area contributed by atoms with Gasteiger partial charge in [0, 0.05) is 22.9 Å². The minimum atomic E-state index is -0.0874. The fourth-order valence-electron chi connectivity index (χ4n) is 4.14. The molecular weight excluding hydrogens is 364 g/mol. The summed E-state index contributed by atoms with van der Waals surface area (Å²) < 4.78 is 11.4. The van der Waals surface area contributed by atoms with Gasteiger partial charge in [0.25, 0.3) is 5.91 Å². The van der Waals surface area contributed by atoms with E-state index in [2.05, 4.69) is 17.0 Å². The molecule has 140 valence electrons. The van der Waals surface area contributed by atoms with E-state index in [-0.39, 0.29) is 24.2 Å². The van der Waals surface area contributed by atoms with Crippen LogP contribution >= 0.6 is 11.6 Å². The molecule has 27 heavy (non-hydrogen) atoms. The van der Waals surface area contributed by atoms with Crippen molar-refractivity contribution in [2.45, 2.75) is 24.5 Å². The zero-order valence-electron chi connectivity index (χ0n) is 14.9. The number of nitrogens with zero attached hydrogens (tertiary/aromatic N) is 2. The van der Waals surface area contributed by atoms with E-state index in [4.69, 9.17) is 21.1 Å². The zero-order valence-corrected chi connectivity index (χ0v) is 15.7. The van der Waals surface area contributed by atoms with Gasteiger partial charge in [-0.25, -0.2) is 0 Å². The van der Waals surface area contributed by atoms with Crippen molar-refractivity contribution in [3.05, 3.63) is 59.1 Å². The van der Waals surface area contributed by atoms with Crippen molar-refractivity contribution >= 4 is 28.9 Å². The van der Waals surface area contributed by atoms with Gasteiger partial charge in [-0.1, -0.05) is 23.7 Å². The second-order valence-electron chi connectivity index (χ2n) is 7.38.